The minimum atomic E-state index is -0.270. The van der Waals surface area contributed by atoms with Crippen molar-refractivity contribution < 1.29 is 14.6 Å². The van der Waals surface area contributed by atoms with Gasteiger partial charge in [0.1, 0.15) is 0 Å². The lowest BCUT2D eigenvalue weighted by Crippen LogP contribution is -2.55. The van der Waals surface area contributed by atoms with E-state index in [2.05, 4.69) is 38.2 Å². The van der Waals surface area contributed by atoms with Crippen molar-refractivity contribution in [2.45, 2.75) is 65.4 Å². The highest BCUT2D eigenvalue weighted by atomic mass is 16.5. The van der Waals surface area contributed by atoms with Crippen LogP contribution in [0.3, 0.4) is 0 Å². The zero-order valence-corrected chi connectivity index (χ0v) is 16.3. The van der Waals surface area contributed by atoms with Gasteiger partial charge in [-0.1, -0.05) is 49.3 Å². The Kier molecular flexibility index (Phi) is 4.42. The summed E-state index contributed by atoms with van der Waals surface area (Å²) in [6, 6.07) is 0. The third-order valence-electron chi connectivity index (χ3n) is 7.97. The van der Waals surface area contributed by atoms with E-state index >= 15 is 0 Å². The molecule has 0 amide bonds. The summed E-state index contributed by atoms with van der Waals surface area (Å²) < 4.78 is 5.19. The molecule has 142 valence electrons. The van der Waals surface area contributed by atoms with Crippen LogP contribution in [0.25, 0.3) is 0 Å². The number of aliphatic hydroxyl groups is 1. The number of aliphatic hydroxyl groups excluding tert-OH is 1. The van der Waals surface area contributed by atoms with E-state index in [0.29, 0.717) is 24.4 Å². The largest absolute Gasteiger partial charge is 0.466 e. The van der Waals surface area contributed by atoms with Gasteiger partial charge in [-0.25, -0.2) is 0 Å². The third-order valence-corrected chi connectivity index (χ3v) is 7.97. The number of rotatable bonds is 3. The number of carbonyl (C=O) groups excluding carboxylic acids is 1. The van der Waals surface area contributed by atoms with E-state index in [4.69, 9.17) is 4.74 Å². The Labute approximate surface area is 157 Å². The number of fused-ring (bicyclic) bond motifs is 5. The van der Waals surface area contributed by atoms with Gasteiger partial charge in [0.05, 0.1) is 12.7 Å². The van der Waals surface area contributed by atoms with Crippen molar-refractivity contribution in [2.24, 2.45) is 28.6 Å². The normalized spacial score (nSPS) is 43.7. The topological polar surface area (TPSA) is 46.5 Å². The molecule has 4 rings (SSSR count). The maximum atomic E-state index is 11.3. The first-order chi connectivity index (χ1) is 12.4. The molecule has 26 heavy (non-hydrogen) atoms. The second kappa shape index (κ2) is 6.37. The van der Waals surface area contributed by atoms with E-state index < -0.39 is 0 Å². The van der Waals surface area contributed by atoms with E-state index in [1.54, 1.807) is 5.57 Å². The number of esters is 1. The van der Waals surface area contributed by atoms with E-state index in [9.17, 15) is 9.90 Å². The Morgan fingerprint density at radius 3 is 2.92 bits per heavy atom. The fraction of sp³-hybridized carbons (Fsp3) is 0.696. The van der Waals surface area contributed by atoms with Crippen LogP contribution in [-0.4, -0.2) is 23.8 Å². The average Bonchev–Trinajstić information content (AvgIpc) is 2.90. The summed E-state index contributed by atoms with van der Waals surface area (Å²) >= 11 is 0. The number of hydrogen-bond acceptors (Lipinski definition) is 3. The fourth-order valence-corrected chi connectivity index (χ4v) is 6.81. The highest BCUT2D eigenvalue weighted by molar-refractivity contribution is 5.65. The lowest BCUT2D eigenvalue weighted by Gasteiger charge is -2.58. The minimum Gasteiger partial charge on any atom is -0.466 e. The van der Waals surface area contributed by atoms with Crippen LogP contribution >= 0.6 is 0 Å². The average molecular weight is 357 g/mol. The first-order valence-corrected chi connectivity index (χ1v) is 10.2. The predicted molar refractivity (Wildman–Crippen MR) is 102 cm³/mol. The van der Waals surface area contributed by atoms with Gasteiger partial charge in [-0.05, 0) is 49.4 Å². The summed E-state index contributed by atoms with van der Waals surface area (Å²) in [6.45, 7) is 6.62. The SMILES string of the molecule is CC(=O)OCCC1=CC[C@H]2[C@@H]3CCC4=CCC=C[C@]4(C)[C@H]3C(O)C[C@]12C. The van der Waals surface area contributed by atoms with Gasteiger partial charge in [0, 0.05) is 24.7 Å². The van der Waals surface area contributed by atoms with Gasteiger partial charge in [0.25, 0.3) is 0 Å². The van der Waals surface area contributed by atoms with Gasteiger partial charge in [-0.15, -0.1) is 0 Å². The van der Waals surface area contributed by atoms with Crippen LogP contribution in [0.1, 0.15) is 59.3 Å². The molecular formula is C23H32O3. The van der Waals surface area contributed by atoms with Gasteiger partial charge in [-0.3, -0.25) is 4.79 Å². The van der Waals surface area contributed by atoms with E-state index in [0.717, 1.165) is 25.7 Å². The zero-order chi connectivity index (χ0) is 18.5. The number of carbonyl (C=O) groups is 1. The maximum Gasteiger partial charge on any atom is 0.302 e. The van der Waals surface area contributed by atoms with Gasteiger partial charge in [-0.2, -0.15) is 0 Å². The van der Waals surface area contributed by atoms with Crippen molar-refractivity contribution in [1.29, 1.82) is 0 Å². The predicted octanol–water partition coefficient (Wildman–Crippen LogP) is 4.58. The molecule has 1 N–H and O–H groups in total. The maximum absolute atomic E-state index is 11.3. The van der Waals surface area contributed by atoms with Gasteiger partial charge in [0.2, 0.25) is 0 Å². The zero-order valence-electron chi connectivity index (χ0n) is 16.3. The summed E-state index contributed by atoms with van der Waals surface area (Å²) in [5.41, 5.74) is 3.02. The standard InChI is InChI=1S/C23H32O3/c1-15(24)26-13-11-17-8-10-19-18-9-7-16-6-4-5-12-22(16,2)21(18)20(25)14-23(17,19)3/h5-6,8,12,18-21,25H,4,7,9-11,13-14H2,1-3H3/t18-,19-,20?,21+,22-,23+/m0/s1. The van der Waals surface area contributed by atoms with Crippen LogP contribution in [0.15, 0.2) is 35.5 Å². The lowest BCUT2D eigenvalue weighted by molar-refractivity contribution is -0.141. The summed E-state index contributed by atoms with van der Waals surface area (Å²) in [4.78, 5) is 11.1. The van der Waals surface area contributed by atoms with Crippen LogP contribution in [0.5, 0.6) is 0 Å². The molecule has 6 atom stereocenters. The van der Waals surface area contributed by atoms with Crippen molar-refractivity contribution >= 4 is 5.97 Å². The van der Waals surface area contributed by atoms with Crippen molar-refractivity contribution in [2.75, 3.05) is 6.61 Å². The molecule has 0 heterocycles. The molecule has 3 heteroatoms. The second-order valence-corrected chi connectivity index (χ2v) is 9.23. The fourth-order valence-electron chi connectivity index (χ4n) is 6.81. The highest BCUT2D eigenvalue weighted by Crippen LogP contribution is 2.64. The Balaban J connectivity index is 1.58. The molecule has 0 spiro atoms. The van der Waals surface area contributed by atoms with Crippen molar-refractivity contribution in [3.63, 3.8) is 0 Å². The lowest BCUT2D eigenvalue weighted by atomic mass is 9.47. The summed E-state index contributed by atoms with van der Waals surface area (Å²) in [7, 11) is 0. The van der Waals surface area contributed by atoms with Crippen molar-refractivity contribution in [1.82, 2.24) is 0 Å². The first kappa shape index (κ1) is 18.0. The molecule has 4 aliphatic rings. The van der Waals surface area contributed by atoms with E-state index in [1.807, 2.05) is 0 Å². The summed E-state index contributed by atoms with van der Waals surface area (Å²) in [5, 5.41) is 11.3. The monoisotopic (exact) mass is 356 g/mol. The molecule has 0 aromatic carbocycles. The Hall–Kier alpha value is -1.35. The molecule has 2 fully saturated rings. The molecule has 1 unspecified atom stereocenters. The Morgan fingerprint density at radius 2 is 2.15 bits per heavy atom. The summed E-state index contributed by atoms with van der Waals surface area (Å²) in [5.74, 6) is 1.30. The Morgan fingerprint density at radius 1 is 1.35 bits per heavy atom. The van der Waals surface area contributed by atoms with Crippen LogP contribution in [0.4, 0.5) is 0 Å². The highest BCUT2D eigenvalue weighted by Gasteiger charge is 2.59. The molecule has 3 nitrogen and oxygen atoms in total. The first-order valence-electron chi connectivity index (χ1n) is 10.2. The number of ether oxygens (including phenoxy) is 1. The molecule has 0 radical (unpaired) electrons. The molecule has 0 aromatic heterocycles. The molecule has 0 bridgehead atoms. The van der Waals surface area contributed by atoms with E-state index in [1.165, 1.54) is 25.3 Å². The van der Waals surface area contributed by atoms with Crippen molar-refractivity contribution in [3.8, 4) is 0 Å². The van der Waals surface area contributed by atoms with Gasteiger partial charge in [0.15, 0.2) is 0 Å². The molecule has 0 aliphatic heterocycles. The molecule has 2 saturated carbocycles. The third kappa shape index (κ3) is 2.62. The minimum absolute atomic E-state index is 0.0302. The van der Waals surface area contributed by atoms with Gasteiger partial charge < -0.3 is 9.84 Å². The number of allylic oxidation sites excluding steroid dienone is 5. The Bertz CT molecular complexity index is 688. The van der Waals surface area contributed by atoms with Crippen LogP contribution < -0.4 is 0 Å². The molecule has 0 saturated heterocycles. The second-order valence-electron chi connectivity index (χ2n) is 9.23. The van der Waals surface area contributed by atoms with Crippen molar-refractivity contribution in [3.05, 3.63) is 35.5 Å². The molecule has 0 aromatic rings. The molecule has 4 aliphatic carbocycles. The number of hydrogen-bond donors (Lipinski definition) is 1. The van der Waals surface area contributed by atoms with Crippen LogP contribution in [-0.2, 0) is 9.53 Å². The quantitative estimate of drug-likeness (QED) is 0.595. The summed E-state index contributed by atoms with van der Waals surface area (Å²) in [6.07, 6.45) is 15.3. The van der Waals surface area contributed by atoms with Crippen LogP contribution in [0, 0.1) is 28.6 Å². The smallest absolute Gasteiger partial charge is 0.302 e. The molecular weight excluding hydrogens is 324 g/mol. The van der Waals surface area contributed by atoms with Gasteiger partial charge >= 0.3 is 5.97 Å². The van der Waals surface area contributed by atoms with E-state index in [-0.39, 0.29) is 22.9 Å². The van der Waals surface area contributed by atoms with Crippen LogP contribution in [0.2, 0.25) is 0 Å².